The van der Waals surface area contributed by atoms with Crippen molar-refractivity contribution in [2.24, 2.45) is 10.8 Å². The maximum absolute atomic E-state index is 14.6. The number of methoxy groups -OCH3 is 1. The molecule has 0 saturated carbocycles. The van der Waals surface area contributed by atoms with Crippen molar-refractivity contribution in [3.05, 3.63) is 101 Å². The number of hydrogen-bond acceptors (Lipinski definition) is 13. The number of carbonyl (C=O) groups is 4. The second kappa shape index (κ2) is 24.0. The molecule has 76 heavy (non-hydrogen) atoms. The van der Waals surface area contributed by atoms with E-state index < -0.39 is 78.4 Å². The number of amides is 4. The van der Waals surface area contributed by atoms with Gasteiger partial charge in [-0.05, 0) is 74.6 Å². The second-order valence-corrected chi connectivity index (χ2v) is 20.9. The van der Waals surface area contributed by atoms with E-state index in [2.05, 4.69) is 47.5 Å². The van der Waals surface area contributed by atoms with Crippen LogP contribution in [0.25, 0.3) is 11.3 Å². The van der Waals surface area contributed by atoms with Gasteiger partial charge in [0, 0.05) is 79.8 Å². The van der Waals surface area contributed by atoms with Gasteiger partial charge in [0.15, 0.2) is 6.10 Å². The average Bonchev–Trinajstić information content (AvgIpc) is 3.98. The second-order valence-electron chi connectivity index (χ2n) is 20.9. The third-order valence-corrected chi connectivity index (χ3v) is 13.9. The van der Waals surface area contributed by atoms with Gasteiger partial charge in [-0.25, -0.2) is 24.3 Å². The van der Waals surface area contributed by atoms with Crippen LogP contribution in [0.2, 0.25) is 0 Å². The van der Waals surface area contributed by atoms with Gasteiger partial charge in [-0.2, -0.15) is 27.1 Å². The fourth-order valence-corrected chi connectivity index (χ4v) is 9.46. The number of pyridine rings is 1. The van der Waals surface area contributed by atoms with Gasteiger partial charge in [-0.15, -0.1) is 0 Å². The number of hydrazine groups is 1. The minimum Gasteiger partial charge on any atom is -0.453 e. The predicted octanol–water partition coefficient (Wildman–Crippen LogP) is 5.80. The van der Waals surface area contributed by atoms with Gasteiger partial charge in [0.2, 0.25) is 5.91 Å². The van der Waals surface area contributed by atoms with Crippen molar-refractivity contribution in [3.63, 3.8) is 0 Å². The van der Waals surface area contributed by atoms with E-state index in [1.165, 1.54) is 18.1 Å². The first-order valence-electron chi connectivity index (χ1n) is 24.9. The molecule has 3 aliphatic heterocycles. The molecule has 0 aliphatic carbocycles. The lowest BCUT2D eigenvalue weighted by Gasteiger charge is -2.47. The molecule has 23 heteroatoms. The van der Waals surface area contributed by atoms with Crippen LogP contribution in [0.4, 0.5) is 37.4 Å². The number of carbonyl (C=O) groups excluding carboxylic acids is 4. The van der Waals surface area contributed by atoms with E-state index in [-0.39, 0.29) is 18.7 Å². The van der Waals surface area contributed by atoms with E-state index in [0.29, 0.717) is 50.6 Å². The molecule has 6 atom stereocenters. The lowest BCUT2D eigenvalue weighted by molar-refractivity contribution is -0.220. The fourth-order valence-electron chi connectivity index (χ4n) is 9.46. The van der Waals surface area contributed by atoms with Crippen molar-refractivity contribution in [1.29, 1.82) is 0 Å². The van der Waals surface area contributed by atoms with E-state index in [9.17, 15) is 46.2 Å². The molecule has 2 bridgehead atoms. The first-order valence-corrected chi connectivity index (χ1v) is 24.9. The summed E-state index contributed by atoms with van der Waals surface area (Å²) in [5, 5.41) is 24.2. The van der Waals surface area contributed by atoms with Crippen LogP contribution in [0.3, 0.4) is 0 Å². The Morgan fingerprint density at radius 2 is 1.47 bits per heavy atom. The average molecular weight is 1070 g/mol. The highest BCUT2D eigenvalue weighted by molar-refractivity contribution is 5.87. The highest BCUT2D eigenvalue weighted by atomic mass is 19.4. The maximum Gasteiger partial charge on any atom is 0.407 e. The number of alkyl halides is 5. The summed E-state index contributed by atoms with van der Waals surface area (Å²) in [5.74, 6) is 5.04. The standard InChI is InChI=1S/C53H65F5N10O8/c1-51(2,3)45(76-49(72)59-6)47(71)64-66(26-35-14-17-36(18-15-35)40-22-23-67(63-40)48(54)55)29-42(69)41(61-46(70)44(62-50(73)74-7)52(4,5)53(56,57)58)24-33-11-8-32(9-12-33)10-13-34-16-21-43(60-25-34)65-27-37-19-20-38(28-65)68(37)39-30-75-31-39/h8-9,11-12,14-18,21-23,25,37-39,41-42,44-45,48,69H,19-20,24,26-31H2,1-7H3,(H,59,72)(H,61,70)(H,62,73)(H,64,71)/t37-,38-,41-,42-,44+,45+/m0/s1. The van der Waals surface area contributed by atoms with Gasteiger partial charge in [0.1, 0.15) is 11.9 Å². The van der Waals surface area contributed by atoms with Gasteiger partial charge in [-0.1, -0.05) is 69.0 Å². The number of fused-ring (bicyclic) bond motifs is 2. The first kappa shape index (κ1) is 56.8. The van der Waals surface area contributed by atoms with Crippen molar-refractivity contribution in [1.82, 2.24) is 46.0 Å². The molecule has 3 aliphatic rings. The number of halogens is 5. The Kier molecular flexibility index (Phi) is 17.9. The number of alkyl carbamates (subject to hydrolysis) is 2. The molecule has 4 amide bonds. The first-order chi connectivity index (χ1) is 35.9. The summed E-state index contributed by atoms with van der Waals surface area (Å²) < 4.78 is 86.3. The molecular formula is C53H65F5N10O8. The highest BCUT2D eigenvalue weighted by Gasteiger charge is 2.56. The van der Waals surface area contributed by atoms with Crippen molar-refractivity contribution in [2.45, 2.75) is 116 Å². The van der Waals surface area contributed by atoms with Gasteiger partial charge in [0.25, 0.3) is 5.91 Å². The van der Waals surface area contributed by atoms with Crippen molar-refractivity contribution >= 4 is 29.8 Å². The number of aromatic nitrogens is 3. The molecule has 0 radical (unpaired) electrons. The molecule has 4 aromatic rings. The van der Waals surface area contributed by atoms with Crippen LogP contribution < -0.4 is 26.3 Å². The molecule has 2 aromatic carbocycles. The summed E-state index contributed by atoms with van der Waals surface area (Å²) in [6.07, 6.45) is -5.30. The molecule has 7 rings (SSSR count). The van der Waals surface area contributed by atoms with Crippen LogP contribution in [0, 0.1) is 22.7 Å². The molecular weight excluding hydrogens is 1000 g/mol. The highest BCUT2D eigenvalue weighted by Crippen LogP contribution is 2.41. The van der Waals surface area contributed by atoms with Crippen molar-refractivity contribution < 1.29 is 60.4 Å². The fraction of sp³-hybridized carbons (Fsp3) is 0.509. The lowest BCUT2D eigenvalue weighted by atomic mass is 9.82. The van der Waals surface area contributed by atoms with Crippen LogP contribution in [0.5, 0.6) is 0 Å². The van der Waals surface area contributed by atoms with Gasteiger partial charge >= 0.3 is 24.9 Å². The van der Waals surface area contributed by atoms with Crippen molar-refractivity contribution in [3.8, 4) is 23.1 Å². The van der Waals surface area contributed by atoms with Gasteiger partial charge in [-0.3, -0.25) is 19.9 Å². The van der Waals surface area contributed by atoms with Crippen LogP contribution in [-0.2, 0) is 36.8 Å². The number of aliphatic hydroxyl groups excluding tert-OH is 1. The summed E-state index contributed by atoms with van der Waals surface area (Å²) in [5.41, 5.74) is 1.95. The molecule has 3 saturated heterocycles. The van der Waals surface area contributed by atoms with Crippen LogP contribution in [0.1, 0.15) is 76.3 Å². The topological polar surface area (TPSA) is 205 Å². The van der Waals surface area contributed by atoms with Crippen LogP contribution >= 0.6 is 0 Å². The number of anilines is 1. The third kappa shape index (κ3) is 13.9. The minimum absolute atomic E-state index is 0.153. The third-order valence-electron chi connectivity index (χ3n) is 13.9. The largest absolute Gasteiger partial charge is 0.453 e. The van der Waals surface area contributed by atoms with Gasteiger partial charge in [0.05, 0.1) is 49.6 Å². The van der Waals surface area contributed by atoms with E-state index in [1.807, 2.05) is 17.4 Å². The molecule has 410 valence electrons. The van der Waals surface area contributed by atoms with E-state index >= 15 is 0 Å². The summed E-state index contributed by atoms with van der Waals surface area (Å²) in [6.45, 7) is 6.33. The van der Waals surface area contributed by atoms with Gasteiger partial charge < -0.3 is 40.2 Å². The Balaban J connectivity index is 1.13. The van der Waals surface area contributed by atoms with E-state index in [0.717, 1.165) is 72.1 Å². The van der Waals surface area contributed by atoms with Crippen LogP contribution in [0.15, 0.2) is 79.1 Å². The Bertz CT molecular complexity index is 2690. The Labute approximate surface area is 438 Å². The monoisotopic (exact) mass is 1060 g/mol. The molecule has 0 spiro atoms. The Morgan fingerprint density at radius 1 is 0.842 bits per heavy atom. The molecule has 2 aromatic heterocycles. The van der Waals surface area contributed by atoms with E-state index in [1.54, 1.807) is 75.5 Å². The summed E-state index contributed by atoms with van der Waals surface area (Å²) in [4.78, 5) is 62.7. The zero-order valence-corrected chi connectivity index (χ0v) is 43.4. The molecule has 5 heterocycles. The SMILES string of the molecule is CNC(=O)O[C@H](C(=O)NN(Cc1ccc(-c2ccn(C(F)F)n2)cc1)C[C@H](O)[C@H](Cc1ccc(C#Cc2ccc(N3C[C@@H]4CC[C@@H](C3)N4C3COC3)nc2)cc1)NC(=O)[C@@H](NC(=O)OC)C(C)(C)C(F)(F)F)C(C)(C)C. The van der Waals surface area contributed by atoms with Crippen molar-refractivity contribution in [2.75, 3.05) is 51.9 Å². The van der Waals surface area contributed by atoms with E-state index in [4.69, 9.17) is 14.5 Å². The normalized spacial score (nSPS) is 18.6. The molecule has 18 nitrogen and oxygen atoms in total. The number of nitrogens with one attached hydrogen (secondary N) is 4. The molecule has 3 fully saturated rings. The zero-order chi connectivity index (χ0) is 55.1. The number of rotatable bonds is 18. The number of nitrogens with zero attached hydrogens (tertiary/aromatic N) is 6. The lowest BCUT2D eigenvalue weighted by Crippen LogP contribution is -2.62. The zero-order valence-electron chi connectivity index (χ0n) is 43.4. The number of aliphatic hydroxyl groups is 1. The molecule has 5 N–H and O–H groups in total. The molecule has 0 unspecified atom stereocenters. The number of piperazine rings is 1. The quantitative estimate of drug-likeness (QED) is 0.0455. The predicted molar refractivity (Wildman–Crippen MR) is 269 cm³/mol. The smallest absolute Gasteiger partial charge is 0.407 e. The van der Waals surface area contributed by atoms with Crippen LogP contribution in [-0.4, -0.2) is 149 Å². The summed E-state index contributed by atoms with van der Waals surface area (Å²) in [7, 11) is 2.24. The Hall–Kier alpha value is -6.87. The summed E-state index contributed by atoms with van der Waals surface area (Å²) >= 11 is 0. The maximum atomic E-state index is 14.6. The Morgan fingerprint density at radius 3 is 2.01 bits per heavy atom. The number of hydrogen-bond donors (Lipinski definition) is 5. The minimum atomic E-state index is -5.01. The number of benzene rings is 2. The number of ether oxygens (including phenoxy) is 3. The summed E-state index contributed by atoms with van der Waals surface area (Å²) in [6, 6.07) is 16.3.